The first-order valence-electron chi connectivity index (χ1n) is 13.2. The van der Waals surface area contributed by atoms with Gasteiger partial charge in [-0.1, -0.05) is 63.4 Å². The lowest BCUT2D eigenvalue weighted by atomic mass is 9.81. The summed E-state index contributed by atoms with van der Waals surface area (Å²) in [6, 6.07) is 11.5. The molecular formula is C30H37NO5. The fourth-order valence-corrected chi connectivity index (χ4v) is 5.50. The van der Waals surface area contributed by atoms with E-state index in [4.69, 9.17) is 9.57 Å². The van der Waals surface area contributed by atoms with Crippen molar-refractivity contribution in [3.8, 4) is 16.9 Å². The van der Waals surface area contributed by atoms with E-state index >= 15 is 0 Å². The molecule has 6 nitrogen and oxygen atoms in total. The number of oxime groups is 1. The second kappa shape index (κ2) is 10.9. The molecule has 2 aromatic carbocycles. The number of hydrogen-bond donors (Lipinski definition) is 1. The summed E-state index contributed by atoms with van der Waals surface area (Å²) in [4.78, 5) is 29.7. The molecule has 0 radical (unpaired) electrons. The summed E-state index contributed by atoms with van der Waals surface area (Å²) in [5.74, 6) is -0.0109. The summed E-state index contributed by atoms with van der Waals surface area (Å²) < 4.78 is 5.76. The first kappa shape index (κ1) is 25.9. The Kier molecular flexibility index (Phi) is 7.82. The number of fused-ring (bicyclic) bond motifs is 3. The molecule has 1 atom stereocenters. The summed E-state index contributed by atoms with van der Waals surface area (Å²) >= 11 is 0. The molecule has 4 rings (SSSR count). The van der Waals surface area contributed by atoms with Crippen molar-refractivity contribution in [2.45, 2.75) is 90.6 Å². The molecule has 0 saturated heterocycles. The number of nitrogens with zero attached hydrogens (tertiary/aromatic N) is 1. The highest BCUT2D eigenvalue weighted by atomic mass is 16.7. The van der Waals surface area contributed by atoms with Crippen molar-refractivity contribution in [1.82, 2.24) is 0 Å². The second-order valence-corrected chi connectivity index (χ2v) is 10.6. The molecule has 0 heterocycles. The number of hydrogen-bond acceptors (Lipinski definition) is 6. The van der Waals surface area contributed by atoms with Crippen LogP contribution in [0.25, 0.3) is 11.1 Å². The van der Waals surface area contributed by atoms with Crippen molar-refractivity contribution in [3.05, 3.63) is 53.1 Å². The Morgan fingerprint density at radius 3 is 2.36 bits per heavy atom. The normalized spacial score (nSPS) is 17.7. The quantitative estimate of drug-likeness (QED) is 0.193. The molecule has 0 spiro atoms. The van der Waals surface area contributed by atoms with Crippen LogP contribution in [0.4, 0.5) is 0 Å². The van der Waals surface area contributed by atoms with E-state index < -0.39 is 5.97 Å². The van der Waals surface area contributed by atoms with Gasteiger partial charge in [-0.05, 0) is 71.7 Å². The molecular weight excluding hydrogens is 454 g/mol. The third-order valence-corrected chi connectivity index (χ3v) is 7.74. The van der Waals surface area contributed by atoms with Gasteiger partial charge in [-0.25, -0.2) is 4.79 Å². The Hall–Kier alpha value is -3.15. The highest BCUT2D eigenvalue weighted by Gasteiger charge is 2.36. The smallest absolute Gasteiger partial charge is 0.334 e. The number of esters is 1. The Labute approximate surface area is 213 Å². The number of carbonyl (C=O) groups is 2. The Balaban J connectivity index is 1.54. The van der Waals surface area contributed by atoms with Gasteiger partial charge in [0, 0.05) is 18.3 Å². The third-order valence-electron chi connectivity index (χ3n) is 7.74. The van der Waals surface area contributed by atoms with Gasteiger partial charge < -0.3 is 14.7 Å². The number of rotatable bonds is 8. The molecule has 2 aromatic rings. The van der Waals surface area contributed by atoms with Gasteiger partial charge in [-0.3, -0.25) is 4.79 Å². The van der Waals surface area contributed by atoms with Crippen LogP contribution in [-0.4, -0.2) is 28.9 Å². The van der Waals surface area contributed by atoms with Crippen molar-refractivity contribution >= 4 is 17.7 Å². The molecule has 0 aliphatic heterocycles. The first-order chi connectivity index (χ1) is 17.2. The molecule has 0 bridgehead atoms. The summed E-state index contributed by atoms with van der Waals surface area (Å²) in [6.45, 7) is 7.95. The number of phenolic OH excluding ortho intramolecular Hbond substituents is 1. The monoisotopic (exact) mass is 491 g/mol. The fourth-order valence-electron chi connectivity index (χ4n) is 5.50. The van der Waals surface area contributed by atoms with Crippen LogP contribution in [0.3, 0.4) is 0 Å². The van der Waals surface area contributed by atoms with Gasteiger partial charge in [0.1, 0.15) is 11.9 Å². The lowest BCUT2D eigenvalue weighted by molar-refractivity contribution is -0.151. The van der Waals surface area contributed by atoms with Crippen LogP contribution in [0.5, 0.6) is 5.75 Å². The van der Waals surface area contributed by atoms with E-state index in [1.165, 1.54) is 19.3 Å². The van der Waals surface area contributed by atoms with E-state index in [0.29, 0.717) is 18.1 Å². The highest BCUT2D eigenvalue weighted by Crippen LogP contribution is 2.49. The Morgan fingerprint density at radius 1 is 1.00 bits per heavy atom. The summed E-state index contributed by atoms with van der Waals surface area (Å²) in [6.07, 6.45) is 6.47. The molecule has 0 aromatic heterocycles. The first-order valence-corrected chi connectivity index (χ1v) is 13.2. The topological polar surface area (TPSA) is 85.2 Å². The average Bonchev–Trinajstić information content (AvgIpc) is 3.10. The zero-order valence-corrected chi connectivity index (χ0v) is 21.8. The number of aromatic hydroxyl groups is 1. The van der Waals surface area contributed by atoms with Gasteiger partial charge in [0.15, 0.2) is 0 Å². The van der Waals surface area contributed by atoms with Gasteiger partial charge in [0.25, 0.3) is 0 Å². The zero-order chi connectivity index (χ0) is 25.9. The average molecular weight is 492 g/mol. The number of carbonyl (C=O) groups excluding carboxylic acids is 2. The lowest BCUT2D eigenvalue weighted by Crippen LogP contribution is -2.26. The number of benzene rings is 2. The van der Waals surface area contributed by atoms with Crippen molar-refractivity contribution in [3.63, 3.8) is 0 Å². The van der Waals surface area contributed by atoms with Gasteiger partial charge in [-0.2, -0.15) is 0 Å². The van der Waals surface area contributed by atoms with Gasteiger partial charge >= 0.3 is 11.9 Å². The van der Waals surface area contributed by atoms with Crippen LogP contribution >= 0.6 is 0 Å². The third kappa shape index (κ3) is 5.48. The number of ether oxygens (including phenoxy) is 1. The van der Waals surface area contributed by atoms with Crippen LogP contribution in [0.1, 0.15) is 95.8 Å². The van der Waals surface area contributed by atoms with Crippen molar-refractivity contribution in [2.75, 3.05) is 0 Å². The van der Waals surface area contributed by atoms with E-state index in [-0.39, 0.29) is 36.1 Å². The molecule has 1 saturated carbocycles. The van der Waals surface area contributed by atoms with Crippen molar-refractivity contribution in [2.24, 2.45) is 11.1 Å². The largest absolute Gasteiger partial charge is 0.508 e. The standard InChI is InChI=1S/C30H37NO5/c1-5-28(33)36-31-27(15-16-29(34)35-19(2)20-9-7-6-8-10-20)21-11-13-23-24-14-12-22(32)18-26(24)30(3,4)25(23)17-21/h11-14,17-20,32H,5-10,15-16H2,1-4H3. The van der Waals surface area contributed by atoms with Crippen LogP contribution in [0.2, 0.25) is 0 Å². The van der Waals surface area contributed by atoms with E-state index in [1.807, 2.05) is 31.2 Å². The summed E-state index contributed by atoms with van der Waals surface area (Å²) in [5.41, 5.74) is 5.38. The molecule has 2 aliphatic carbocycles. The summed E-state index contributed by atoms with van der Waals surface area (Å²) in [5, 5.41) is 14.2. The maximum Gasteiger partial charge on any atom is 0.334 e. The maximum absolute atomic E-state index is 12.7. The predicted octanol–water partition coefficient (Wildman–Crippen LogP) is 6.65. The van der Waals surface area contributed by atoms with Gasteiger partial charge in [0.05, 0.1) is 12.1 Å². The predicted molar refractivity (Wildman–Crippen MR) is 140 cm³/mol. The minimum atomic E-state index is -0.426. The molecule has 6 heteroatoms. The highest BCUT2D eigenvalue weighted by molar-refractivity contribution is 6.03. The Morgan fingerprint density at radius 2 is 1.67 bits per heavy atom. The van der Waals surface area contributed by atoms with E-state index in [1.54, 1.807) is 13.0 Å². The summed E-state index contributed by atoms with van der Waals surface area (Å²) in [7, 11) is 0. The van der Waals surface area contributed by atoms with E-state index in [0.717, 1.165) is 40.7 Å². The molecule has 0 amide bonds. The van der Waals surface area contributed by atoms with Crippen molar-refractivity contribution in [1.29, 1.82) is 0 Å². The van der Waals surface area contributed by atoms with Gasteiger partial charge in [-0.15, -0.1) is 0 Å². The Bertz CT molecular complexity index is 1160. The SMILES string of the molecule is CCC(=O)ON=C(CCC(=O)OC(C)C1CCCCC1)c1ccc2c(c1)C(C)(C)c1cc(O)ccc1-2. The molecule has 36 heavy (non-hydrogen) atoms. The van der Waals surface area contributed by atoms with Gasteiger partial charge in [0.2, 0.25) is 0 Å². The van der Waals surface area contributed by atoms with Crippen LogP contribution in [0.15, 0.2) is 41.6 Å². The van der Waals surface area contributed by atoms with E-state index in [2.05, 4.69) is 25.1 Å². The molecule has 192 valence electrons. The second-order valence-electron chi connectivity index (χ2n) is 10.6. The molecule has 1 unspecified atom stereocenters. The maximum atomic E-state index is 12.7. The zero-order valence-electron chi connectivity index (χ0n) is 21.8. The molecule has 1 fully saturated rings. The van der Waals surface area contributed by atoms with Crippen LogP contribution in [0, 0.1) is 5.92 Å². The minimum absolute atomic E-state index is 0.0909. The minimum Gasteiger partial charge on any atom is -0.508 e. The molecule has 2 aliphatic rings. The van der Waals surface area contributed by atoms with Crippen molar-refractivity contribution < 1.29 is 24.3 Å². The molecule has 1 N–H and O–H groups in total. The van der Waals surface area contributed by atoms with E-state index in [9.17, 15) is 14.7 Å². The van der Waals surface area contributed by atoms with Crippen LogP contribution < -0.4 is 0 Å². The number of phenols is 1. The van der Waals surface area contributed by atoms with Crippen LogP contribution in [-0.2, 0) is 24.6 Å². The lowest BCUT2D eigenvalue weighted by Gasteiger charge is -2.27. The fraction of sp³-hybridized carbons (Fsp3) is 0.500.